The number of nitrogens with zero attached hydrogens (tertiary/aromatic N) is 1. The van der Waals surface area contributed by atoms with E-state index in [0.29, 0.717) is 17.2 Å². The highest BCUT2D eigenvalue weighted by atomic mass is 79.9. The minimum atomic E-state index is -0.284. The van der Waals surface area contributed by atoms with E-state index < -0.39 is 0 Å². The molecule has 2 rings (SSSR count). The number of rotatable bonds is 3. The number of carbonyl (C=O) groups excluding carboxylic acids is 1. The second-order valence-corrected chi connectivity index (χ2v) is 4.82. The van der Waals surface area contributed by atoms with Gasteiger partial charge in [0.1, 0.15) is 11.5 Å². The second-order valence-electron chi connectivity index (χ2n) is 3.97. The van der Waals surface area contributed by atoms with Crippen molar-refractivity contribution in [2.24, 2.45) is 5.84 Å². The number of aromatic nitrogens is 1. The molecule has 0 bridgehead atoms. The molecule has 0 unspecified atom stereocenters. The van der Waals surface area contributed by atoms with Crippen LogP contribution in [0.25, 0.3) is 0 Å². The van der Waals surface area contributed by atoms with E-state index in [4.69, 9.17) is 5.84 Å². The number of anilines is 2. The molecule has 4 N–H and O–H groups in total. The second kappa shape index (κ2) is 5.81. The van der Waals surface area contributed by atoms with E-state index in [1.807, 2.05) is 25.1 Å². The van der Waals surface area contributed by atoms with Gasteiger partial charge < -0.3 is 10.7 Å². The molecule has 0 aliphatic heterocycles. The summed E-state index contributed by atoms with van der Waals surface area (Å²) in [6.07, 6.45) is 0. The largest absolute Gasteiger partial charge is 0.321 e. The highest BCUT2D eigenvalue weighted by Crippen LogP contribution is 2.21. The molecule has 6 heteroatoms. The lowest BCUT2D eigenvalue weighted by Gasteiger charge is -2.07. The van der Waals surface area contributed by atoms with E-state index in [2.05, 4.69) is 31.7 Å². The molecule has 0 spiro atoms. The fourth-order valence-corrected chi connectivity index (χ4v) is 1.89. The smallest absolute Gasteiger partial charge is 0.274 e. The van der Waals surface area contributed by atoms with Gasteiger partial charge in [0.25, 0.3) is 5.91 Å². The van der Waals surface area contributed by atoms with E-state index in [1.54, 1.807) is 18.2 Å². The maximum atomic E-state index is 12.0. The Balaban J connectivity index is 2.18. The first-order valence-corrected chi connectivity index (χ1v) is 6.40. The van der Waals surface area contributed by atoms with Crippen LogP contribution in [0.1, 0.15) is 16.1 Å². The molecule has 0 saturated carbocycles. The fourth-order valence-electron chi connectivity index (χ4n) is 1.51. The van der Waals surface area contributed by atoms with Gasteiger partial charge in [-0.2, -0.15) is 0 Å². The first-order chi connectivity index (χ1) is 9.10. The van der Waals surface area contributed by atoms with Gasteiger partial charge >= 0.3 is 0 Å². The molecule has 2 aromatic rings. The van der Waals surface area contributed by atoms with Crippen LogP contribution in [0.3, 0.4) is 0 Å². The predicted octanol–water partition coefficient (Wildman–Crippen LogP) is 2.69. The highest BCUT2D eigenvalue weighted by molar-refractivity contribution is 9.10. The van der Waals surface area contributed by atoms with Crippen molar-refractivity contribution < 1.29 is 4.79 Å². The first-order valence-electron chi connectivity index (χ1n) is 5.61. The normalized spacial score (nSPS) is 10.1. The zero-order valence-electron chi connectivity index (χ0n) is 10.3. The Hall–Kier alpha value is -1.92. The zero-order valence-corrected chi connectivity index (χ0v) is 11.9. The van der Waals surface area contributed by atoms with Crippen molar-refractivity contribution in [1.82, 2.24) is 4.98 Å². The number of nitrogen functional groups attached to an aromatic ring is 1. The molecule has 5 nitrogen and oxygen atoms in total. The number of hydrogen-bond acceptors (Lipinski definition) is 4. The molecule has 1 amide bonds. The maximum absolute atomic E-state index is 12.0. The predicted molar refractivity (Wildman–Crippen MR) is 78.9 cm³/mol. The topological polar surface area (TPSA) is 80.0 Å². The lowest BCUT2D eigenvalue weighted by molar-refractivity contribution is 0.102. The van der Waals surface area contributed by atoms with Crippen LogP contribution in [0.4, 0.5) is 11.5 Å². The Labute approximate surface area is 119 Å². The number of nitrogens with one attached hydrogen (secondary N) is 2. The van der Waals surface area contributed by atoms with Crippen LogP contribution in [-0.2, 0) is 0 Å². The van der Waals surface area contributed by atoms with Gasteiger partial charge in [0.15, 0.2) is 0 Å². The molecule has 0 atom stereocenters. The van der Waals surface area contributed by atoms with E-state index >= 15 is 0 Å². The van der Waals surface area contributed by atoms with Crippen LogP contribution >= 0.6 is 15.9 Å². The summed E-state index contributed by atoms with van der Waals surface area (Å²) in [7, 11) is 0. The molecule has 19 heavy (non-hydrogen) atoms. The molecule has 0 radical (unpaired) electrons. The summed E-state index contributed by atoms with van der Waals surface area (Å²) in [5, 5.41) is 2.78. The lowest BCUT2D eigenvalue weighted by atomic mass is 10.2. The molecular weight excluding hydrogens is 308 g/mol. The number of hydrogen-bond donors (Lipinski definition) is 3. The molecule has 1 heterocycles. The van der Waals surface area contributed by atoms with Crippen molar-refractivity contribution in [3.63, 3.8) is 0 Å². The molecule has 0 aliphatic rings. The monoisotopic (exact) mass is 320 g/mol. The van der Waals surface area contributed by atoms with Crippen molar-refractivity contribution in [3.05, 3.63) is 52.1 Å². The molecular formula is C13H13BrN4O. The number of carbonyl (C=O) groups is 1. The SMILES string of the molecule is Cc1ccc(NC(=O)c2cccc(NN)n2)cc1Br. The molecule has 0 fully saturated rings. The summed E-state index contributed by atoms with van der Waals surface area (Å²) < 4.78 is 0.940. The van der Waals surface area contributed by atoms with Crippen molar-refractivity contribution in [2.45, 2.75) is 6.92 Å². The van der Waals surface area contributed by atoms with Crippen molar-refractivity contribution in [3.8, 4) is 0 Å². The Kier molecular flexibility index (Phi) is 4.13. The first kappa shape index (κ1) is 13.5. The summed E-state index contributed by atoms with van der Waals surface area (Å²) >= 11 is 3.42. The number of benzene rings is 1. The van der Waals surface area contributed by atoms with E-state index in [-0.39, 0.29) is 5.91 Å². The average Bonchev–Trinajstić information content (AvgIpc) is 2.43. The van der Waals surface area contributed by atoms with Crippen molar-refractivity contribution in [2.75, 3.05) is 10.7 Å². The Bertz CT molecular complexity index is 615. The minimum absolute atomic E-state index is 0.284. The summed E-state index contributed by atoms with van der Waals surface area (Å²) in [6, 6.07) is 10.6. The fraction of sp³-hybridized carbons (Fsp3) is 0.0769. The number of aryl methyl sites for hydroxylation is 1. The standard InChI is InChI=1S/C13H13BrN4O/c1-8-5-6-9(7-10(8)14)16-13(19)11-3-2-4-12(17-11)18-15/h2-7H,15H2,1H3,(H,16,19)(H,17,18). The van der Waals surface area contributed by atoms with Crippen LogP contribution in [0.5, 0.6) is 0 Å². The number of pyridine rings is 1. The maximum Gasteiger partial charge on any atom is 0.274 e. The van der Waals surface area contributed by atoms with Crippen LogP contribution in [0.2, 0.25) is 0 Å². The van der Waals surface area contributed by atoms with Crippen LogP contribution < -0.4 is 16.6 Å². The van der Waals surface area contributed by atoms with Gasteiger partial charge in [-0.05, 0) is 36.8 Å². The third kappa shape index (κ3) is 3.30. The molecule has 1 aromatic heterocycles. The lowest BCUT2D eigenvalue weighted by Crippen LogP contribution is -2.16. The van der Waals surface area contributed by atoms with Gasteiger partial charge in [0.05, 0.1) is 0 Å². The molecule has 0 saturated heterocycles. The van der Waals surface area contributed by atoms with Crippen LogP contribution in [0, 0.1) is 6.92 Å². The Morgan fingerprint density at radius 2 is 2.11 bits per heavy atom. The van der Waals surface area contributed by atoms with Gasteiger partial charge in [-0.3, -0.25) is 4.79 Å². The third-order valence-corrected chi connectivity index (χ3v) is 3.41. The van der Waals surface area contributed by atoms with E-state index in [1.165, 1.54) is 0 Å². The summed E-state index contributed by atoms with van der Waals surface area (Å²) in [4.78, 5) is 16.1. The van der Waals surface area contributed by atoms with Gasteiger partial charge in [-0.15, -0.1) is 0 Å². The Morgan fingerprint density at radius 1 is 1.32 bits per heavy atom. The van der Waals surface area contributed by atoms with Gasteiger partial charge in [0, 0.05) is 10.2 Å². The molecule has 1 aromatic carbocycles. The molecule has 98 valence electrons. The van der Waals surface area contributed by atoms with E-state index in [9.17, 15) is 4.79 Å². The number of amides is 1. The van der Waals surface area contributed by atoms with Crippen LogP contribution in [0.15, 0.2) is 40.9 Å². The van der Waals surface area contributed by atoms with Gasteiger partial charge in [-0.1, -0.05) is 28.1 Å². The zero-order chi connectivity index (χ0) is 13.8. The number of nitrogens with two attached hydrogens (primary N) is 1. The number of halogens is 1. The quantitative estimate of drug-likeness (QED) is 0.600. The van der Waals surface area contributed by atoms with Crippen LogP contribution in [-0.4, -0.2) is 10.9 Å². The average molecular weight is 321 g/mol. The summed E-state index contributed by atoms with van der Waals surface area (Å²) in [6.45, 7) is 1.98. The molecule has 0 aliphatic carbocycles. The van der Waals surface area contributed by atoms with Crippen molar-refractivity contribution >= 4 is 33.3 Å². The summed E-state index contributed by atoms with van der Waals surface area (Å²) in [5.41, 5.74) is 4.51. The summed E-state index contributed by atoms with van der Waals surface area (Å²) in [5.74, 6) is 5.42. The van der Waals surface area contributed by atoms with Gasteiger partial charge in [-0.25, -0.2) is 10.8 Å². The van der Waals surface area contributed by atoms with Gasteiger partial charge in [0.2, 0.25) is 0 Å². The van der Waals surface area contributed by atoms with Crippen molar-refractivity contribution in [1.29, 1.82) is 0 Å². The van der Waals surface area contributed by atoms with E-state index in [0.717, 1.165) is 10.0 Å². The minimum Gasteiger partial charge on any atom is -0.321 e. The Morgan fingerprint density at radius 3 is 2.79 bits per heavy atom. The highest BCUT2D eigenvalue weighted by Gasteiger charge is 2.08. The third-order valence-electron chi connectivity index (χ3n) is 2.56. The number of hydrazine groups is 1.